The number of anilines is 3. The van der Waals surface area contributed by atoms with E-state index in [4.69, 9.17) is 0 Å². The Labute approximate surface area is 196 Å². The molecule has 0 spiro atoms. The van der Waals surface area contributed by atoms with Crippen LogP contribution in [0, 0.1) is 27.7 Å². The highest BCUT2D eigenvalue weighted by molar-refractivity contribution is 6.15. The standard InChI is InChI=1S/C28H31N3O2/c1-18-10-15-24(20(3)16-18)31-26(32)17-30(25-9-7-8-19(2)21(25)4)28(33)27(31)22-11-13-23(14-12-22)29(5)6/h7-16,27H,17H2,1-6H3/t27-/m1/s1. The van der Waals surface area contributed by atoms with E-state index in [2.05, 4.69) is 6.07 Å². The van der Waals surface area contributed by atoms with Gasteiger partial charge in [0.15, 0.2) is 0 Å². The molecule has 3 aromatic carbocycles. The van der Waals surface area contributed by atoms with Gasteiger partial charge in [-0.3, -0.25) is 14.5 Å². The Hall–Kier alpha value is -3.60. The lowest BCUT2D eigenvalue weighted by Gasteiger charge is -2.41. The monoisotopic (exact) mass is 441 g/mol. The van der Waals surface area contributed by atoms with Crippen molar-refractivity contribution < 1.29 is 9.59 Å². The third kappa shape index (κ3) is 4.11. The summed E-state index contributed by atoms with van der Waals surface area (Å²) in [4.78, 5) is 33.0. The third-order valence-electron chi connectivity index (χ3n) is 6.52. The summed E-state index contributed by atoms with van der Waals surface area (Å²) < 4.78 is 0. The Bertz CT molecular complexity index is 1210. The van der Waals surface area contributed by atoms with E-state index in [1.165, 1.54) is 0 Å². The van der Waals surface area contributed by atoms with Gasteiger partial charge in [-0.05, 0) is 74.2 Å². The molecule has 1 heterocycles. The summed E-state index contributed by atoms with van der Waals surface area (Å²) in [5.41, 5.74) is 7.62. The second kappa shape index (κ2) is 8.74. The molecule has 0 bridgehead atoms. The van der Waals surface area contributed by atoms with E-state index in [-0.39, 0.29) is 18.4 Å². The fourth-order valence-electron chi connectivity index (χ4n) is 4.52. The number of benzene rings is 3. The summed E-state index contributed by atoms with van der Waals surface area (Å²) in [6, 6.07) is 19.0. The molecule has 170 valence electrons. The predicted octanol–water partition coefficient (Wildman–Crippen LogP) is 5.11. The molecule has 1 aliphatic rings. The maximum atomic E-state index is 14.0. The van der Waals surface area contributed by atoms with Gasteiger partial charge in [0.25, 0.3) is 5.91 Å². The maximum absolute atomic E-state index is 14.0. The van der Waals surface area contributed by atoms with E-state index in [9.17, 15) is 9.59 Å². The van der Waals surface area contributed by atoms with Crippen molar-refractivity contribution >= 4 is 28.9 Å². The molecular formula is C28H31N3O2. The first-order chi connectivity index (χ1) is 15.7. The number of piperazine rings is 1. The summed E-state index contributed by atoms with van der Waals surface area (Å²) in [6.45, 7) is 8.06. The van der Waals surface area contributed by atoms with E-state index in [0.29, 0.717) is 0 Å². The molecule has 0 aromatic heterocycles. The summed E-state index contributed by atoms with van der Waals surface area (Å²) in [7, 11) is 3.96. The quantitative estimate of drug-likeness (QED) is 0.565. The lowest BCUT2D eigenvalue weighted by Crippen LogP contribution is -2.56. The number of hydrogen-bond acceptors (Lipinski definition) is 3. The van der Waals surface area contributed by atoms with Gasteiger partial charge in [0.05, 0.1) is 0 Å². The Kier molecular flexibility index (Phi) is 5.98. The van der Waals surface area contributed by atoms with E-state index in [1.807, 2.05) is 101 Å². The molecule has 0 N–H and O–H groups in total. The lowest BCUT2D eigenvalue weighted by atomic mass is 9.96. The first-order valence-electron chi connectivity index (χ1n) is 11.2. The van der Waals surface area contributed by atoms with Gasteiger partial charge < -0.3 is 9.80 Å². The van der Waals surface area contributed by atoms with E-state index >= 15 is 0 Å². The van der Waals surface area contributed by atoms with Crippen molar-refractivity contribution in [1.29, 1.82) is 0 Å². The summed E-state index contributed by atoms with van der Waals surface area (Å²) in [5.74, 6) is -0.190. The van der Waals surface area contributed by atoms with Crippen LogP contribution in [0.4, 0.5) is 17.1 Å². The van der Waals surface area contributed by atoms with Crippen LogP contribution in [0.3, 0.4) is 0 Å². The molecule has 0 aliphatic carbocycles. The first kappa shape index (κ1) is 22.6. The van der Waals surface area contributed by atoms with Crippen molar-refractivity contribution in [2.75, 3.05) is 35.3 Å². The van der Waals surface area contributed by atoms with Crippen LogP contribution in [0.1, 0.15) is 33.9 Å². The minimum atomic E-state index is -0.733. The third-order valence-corrected chi connectivity index (χ3v) is 6.52. The highest BCUT2D eigenvalue weighted by Gasteiger charge is 2.42. The molecule has 1 saturated heterocycles. The average Bonchev–Trinajstić information content (AvgIpc) is 2.77. The number of rotatable bonds is 4. The molecule has 1 fully saturated rings. The van der Waals surface area contributed by atoms with E-state index in [1.54, 1.807) is 9.80 Å². The summed E-state index contributed by atoms with van der Waals surface area (Å²) in [5, 5.41) is 0. The second-order valence-electron chi connectivity index (χ2n) is 9.09. The minimum absolute atomic E-state index is 0.0166. The van der Waals surface area contributed by atoms with Gasteiger partial charge in [-0.2, -0.15) is 0 Å². The zero-order chi connectivity index (χ0) is 23.9. The molecule has 33 heavy (non-hydrogen) atoms. The number of amides is 2. The highest BCUT2D eigenvalue weighted by Crippen LogP contribution is 2.37. The maximum Gasteiger partial charge on any atom is 0.255 e. The van der Waals surface area contributed by atoms with Crippen LogP contribution in [0.5, 0.6) is 0 Å². The van der Waals surface area contributed by atoms with Gasteiger partial charge in [0, 0.05) is 31.2 Å². The molecule has 4 rings (SSSR count). The predicted molar refractivity (Wildman–Crippen MR) is 135 cm³/mol. The van der Waals surface area contributed by atoms with Crippen LogP contribution in [0.15, 0.2) is 60.7 Å². The van der Waals surface area contributed by atoms with Crippen molar-refractivity contribution in [3.05, 3.63) is 88.5 Å². The highest BCUT2D eigenvalue weighted by atomic mass is 16.2. The summed E-state index contributed by atoms with van der Waals surface area (Å²) >= 11 is 0. The van der Waals surface area contributed by atoms with Gasteiger partial charge in [-0.25, -0.2) is 0 Å². The van der Waals surface area contributed by atoms with Crippen molar-refractivity contribution in [2.45, 2.75) is 33.7 Å². The fourth-order valence-corrected chi connectivity index (χ4v) is 4.52. The molecule has 5 heteroatoms. The minimum Gasteiger partial charge on any atom is -0.378 e. The topological polar surface area (TPSA) is 43.9 Å². The van der Waals surface area contributed by atoms with Crippen LogP contribution in [0.2, 0.25) is 0 Å². The van der Waals surface area contributed by atoms with Crippen LogP contribution in [-0.4, -0.2) is 32.5 Å². The smallest absolute Gasteiger partial charge is 0.255 e. The molecule has 1 atom stereocenters. The molecular weight excluding hydrogens is 410 g/mol. The van der Waals surface area contributed by atoms with E-state index < -0.39 is 6.04 Å². The van der Waals surface area contributed by atoms with Crippen molar-refractivity contribution in [3.8, 4) is 0 Å². The Morgan fingerprint density at radius 3 is 2.15 bits per heavy atom. The van der Waals surface area contributed by atoms with Crippen molar-refractivity contribution in [2.24, 2.45) is 0 Å². The fraction of sp³-hybridized carbons (Fsp3) is 0.286. The average molecular weight is 442 g/mol. The van der Waals surface area contributed by atoms with Crippen molar-refractivity contribution in [3.63, 3.8) is 0 Å². The molecule has 1 aliphatic heterocycles. The molecule has 0 unspecified atom stereocenters. The van der Waals surface area contributed by atoms with Gasteiger partial charge in [-0.1, -0.05) is 42.0 Å². The van der Waals surface area contributed by atoms with Gasteiger partial charge in [-0.15, -0.1) is 0 Å². The molecule has 5 nitrogen and oxygen atoms in total. The Morgan fingerprint density at radius 1 is 0.818 bits per heavy atom. The zero-order valence-corrected chi connectivity index (χ0v) is 20.2. The van der Waals surface area contributed by atoms with Crippen LogP contribution in [0.25, 0.3) is 0 Å². The molecule has 3 aromatic rings. The number of nitrogens with zero attached hydrogens (tertiary/aromatic N) is 3. The lowest BCUT2D eigenvalue weighted by molar-refractivity contribution is -0.128. The number of carbonyl (C=O) groups excluding carboxylic acids is 2. The molecule has 2 amide bonds. The molecule has 0 saturated carbocycles. The van der Waals surface area contributed by atoms with Crippen LogP contribution >= 0.6 is 0 Å². The largest absolute Gasteiger partial charge is 0.378 e. The Morgan fingerprint density at radius 2 is 1.52 bits per heavy atom. The molecule has 0 radical (unpaired) electrons. The number of aryl methyl sites for hydroxylation is 3. The van der Waals surface area contributed by atoms with Crippen LogP contribution < -0.4 is 14.7 Å². The van der Waals surface area contributed by atoms with E-state index in [0.717, 1.165) is 44.9 Å². The van der Waals surface area contributed by atoms with Crippen molar-refractivity contribution in [1.82, 2.24) is 0 Å². The van der Waals surface area contributed by atoms with Crippen LogP contribution in [-0.2, 0) is 9.59 Å². The normalized spacial score (nSPS) is 16.4. The van der Waals surface area contributed by atoms with Gasteiger partial charge >= 0.3 is 0 Å². The first-order valence-corrected chi connectivity index (χ1v) is 11.2. The SMILES string of the molecule is Cc1ccc(N2C(=O)CN(c3cccc(C)c3C)C(=O)[C@H]2c2ccc(N(C)C)cc2)c(C)c1. The van der Waals surface area contributed by atoms with Gasteiger partial charge in [0.2, 0.25) is 5.91 Å². The number of hydrogen-bond donors (Lipinski definition) is 0. The number of carbonyl (C=O) groups is 2. The summed E-state index contributed by atoms with van der Waals surface area (Å²) in [6.07, 6.45) is 0. The van der Waals surface area contributed by atoms with Gasteiger partial charge in [0.1, 0.15) is 12.6 Å². The Balaban J connectivity index is 1.86. The zero-order valence-electron chi connectivity index (χ0n) is 20.2. The second-order valence-corrected chi connectivity index (χ2v) is 9.09.